The average Bonchev–Trinajstić information content (AvgIpc) is 3.19. The van der Waals surface area contributed by atoms with Crippen LogP contribution in [-0.4, -0.2) is 49.8 Å². The highest BCUT2D eigenvalue weighted by atomic mass is 32.2. The predicted molar refractivity (Wildman–Crippen MR) is 101 cm³/mol. The lowest BCUT2D eigenvalue weighted by atomic mass is 10.3. The van der Waals surface area contributed by atoms with E-state index in [4.69, 9.17) is 4.74 Å². The van der Waals surface area contributed by atoms with E-state index < -0.39 is 28.5 Å². The molecule has 0 aliphatic rings. The number of aromatic amines is 1. The smallest absolute Gasteiger partial charge is 0.355 e. The highest BCUT2D eigenvalue weighted by Gasteiger charge is 2.20. The van der Waals surface area contributed by atoms with E-state index in [0.717, 1.165) is 12.8 Å². The number of esters is 1. The number of nitrogens with zero attached hydrogens (tertiary/aromatic N) is 1. The molecule has 1 aromatic heterocycles. The van der Waals surface area contributed by atoms with Gasteiger partial charge in [0.15, 0.2) is 6.61 Å². The van der Waals surface area contributed by atoms with Crippen molar-refractivity contribution >= 4 is 27.6 Å². The van der Waals surface area contributed by atoms with Crippen LogP contribution in [0.3, 0.4) is 0 Å². The topological polar surface area (TPSA) is 109 Å². The monoisotopic (exact) mass is 393 g/mol. The predicted octanol–water partition coefficient (Wildman–Crippen LogP) is 2.23. The number of carbonyl (C=O) groups excluding carboxylic acids is 2. The number of benzene rings is 1. The van der Waals surface area contributed by atoms with Crippen LogP contribution < -0.4 is 5.32 Å². The second kappa shape index (κ2) is 9.33. The van der Waals surface area contributed by atoms with Gasteiger partial charge in [0.05, 0.1) is 4.90 Å². The van der Waals surface area contributed by atoms with Crippen LogP contribution in [0, 0.1) is 0 Å². The minimum absolute atomic E-state index is 0.150. The van der Waals surface area contributed by atoms with Gasteiger partial charge in [0.1, 0.15) is 5.69 Å². The number of H-pyrrole nitrogens is 1. The number of sulfonamides is 1. The van der Waals surface area contributed by atoms with Crippen molar-refractivity contribution in [3.05, 3.63) is 48.3 Å². The second-order valence-electron chi connectivity index (χ2n) is 5.91. The number of amides is 1. The molecule has 9 heteroatoms. The van der Waals surface area contributed by atoms with Crippen LogP contribution >= 0.6 is 0 Å². The zero-order chi connectivity index (χ0) is 19.9. The maximum Gasteiger partial charge on any atom is 0.355 e. The Labute approximate surface area is 158 Å². The van der Waals surface area contributed by atoms with Gasteiger partial charge in [-0.2, -0.15) is 0 Å². The summed E-state index contributed by atoms with van der Waals surface area (Å²) in [5, 5.41) is 2.55. The van der Waals surface area contributed by atoms with E-state index in [9.17, 15) is 18.0 Å². The van der Waals surface area contributed by atoms with E-state index in [1.807, 2.05) is 6.92 Å². The summed E-state index contributed by atoms with van der Waals surface area (Å²) in [6.45, 7) is 1.99. The van der Waals surface area contributed by atoms with Gasteiger partial charge in [0.2, 0.25) is 10.0 Å². The Morgan fingerprint density at radius 2 is 1.89 bits per heavy atom. The van der Waals surface area contributed by atoms with E-state index in [2.05, 4.69) is 10.3 Å². The molecule has 0 radical (unpaired) electrons. The minimum atomic E-state index is -3.56. The molecule has 1 amide bonds. The quantitative estimate of drug-likeness (QED) is 0.635. The Balaban J connectivity index is 1.91. The number of rotatable bonds is 9. The lowest BCUT2D eigenvalue weighted by molar-refractivity contribution is -0.119. The van der Waals surface area contributed by atoms with Gasteiger partial charge in [-0.3, -0.25) is 4.79 Å². The summed E-state index contributed by atoms with van der Waals surface area (Å²) in [5.74, 6) is -1.16. The van der Waals surface area contributed by atoms with Crippen LogP contribution in [0.5, 0.6) is 0 Å². The maximum atomic E-state index is 12.4. The molecule has 1 heterocycles. The van der Waals surface area contributed by atoms with Gasteiger partial charge in [0.25, 0.3) is 5.91 Å². The molecule has 0 fully saturated rings. The molecule has 0 saturated carbocycles. The molecule has 0 aliphatic carbocycles. The fourth-order valence-electron chi connectivity index (χ4n) is 2.25. The summed E-state index contributed by atoms with van der Waals surface area (Å²) in [6.07, 6.45) is 3.26. The summed E-state index contributed by atoms with van der Waals surface area (Å²) >= 11 is 0. The number of unbranched alkanes of at least 4 members (excludes halogenated alkanes) is 1. The third kappa shape index (κ3) is 5.66. The highest BCUT2D eigenvalue weighted by Crippen LogP contribution is 2.18. The summed E-state index contributed by atoms with van der Waals surface area (Å²) in [4.78, 5) is 26.4. The zero-order valence-electron chi connectivity index (χ0n) is 15.3. The Morgan fingerprint density at radius 3 is 2.48 bits per heavy atom. The first-order chi connectivity index (χ1) is 12.8. The van der Waals surface area contributed by atoms with Crippen molar-refractivity contribution in [1.29, 1.82) is 0 Å². The largest absolute Gasteiger partial charge is 0.451 e. The number of aromatic nitrogens is 1. The van der Waals surface area contributed by atoms with Crippen molar-refractivity contribution in [2.45, 2.75) is 24.7 Å². The number of nitrogens with one attached hydrogen (secondary N) is 2. The van der Waals surface area contributed by atoms with Gasteiger partial charge in [-0.15, -0.1) is 0 Å². The number of carbonyl (C=O) groups is 2. The second-order valence-corrected chi connectivity index (χ2v) is 7.96. The van der Waals surface area contributed by atoms with E-state index in [1.165, 1.54) is 34.6 Å². The Hall–Kier alpha value is -2.65. The van der Waals surface area contributed by atoms with Crippen LogP contribution in [0.15, 0.2) is 47.5 Å². The molecular formula is C18H23N3O5S. The summed E-state index contributed by atoms with van der Waals surface area (Å²) < 4.78 is 31.1. The Bertz CT molecular complexity index is 861. The lowest BCUT2D eigenvalue weighted by Crippen LogP contribution is -2.28. The number of anilines is 1. The van der Waals surface area contributed by atoms with E-state index >= 15 is 0 Å². The van der Waals surface area contributed by atoms with Gasteiger partial charge in [-0.05, 0) is 42.8 Å². The van der Waals surface area contributed by atoms with Crippen LogP contribution in [0.1, 0.15) is 30.3 Å². The minimum Gasteiger partial charge on any atom is -0.451 e. The van der Waals surface area contributed by atoms with Crippen LogP contribution in [0.4, 0.5) is 5.69 Å². The summed E-state index contributed by atoms with van der Waals surface area (Å²) in [5.41, 5.74) is 0.663. The molecule has 146 valence electrons. The average molecular weight is 393 g/mol. The van der Waals surface area contributed by atoms with Crippen LogP contribution in [-0.2, 0) is 19.6 Å². The van der Waals surface area contributed by atoms with E-state index in [-0.39, 0.29) is 10.6 Å². The first kappa shape index (κ1) is 20.7. The molecule has 0 spiro atoms. The fourth-order valence-corrected chi connectivity index (χ4v) is 3.46. The maximum absolute atomic E-state index is 12.4. The highest BCUT2D eigenvalue weighted by molar-refractivity contribution is 7.89. The van der Waals surface area contributed by atoms with E-state index in [0.29, 0.717) is 12.2 Å². The summed E-state index contributed by atoms with van der Waals surface area (Å²) in [6, 6.07) is 9.02. The number of hydrogen-bond donors (Lipinski definition) is 2. The normalized spacial score (nSPS) is 11.4. The third-order valence-corrected chi connectivity index (χ3v) is 5.70. The standard InChI is InChI=1S/C18H23N3O5S/c1-3-4-12-21(2)27(24,25)15-9-7-14(8-10-15)20-17(22)13-26-18(23)16-6-5-11-19-16/h5-11,19H,3-4,12-13H2,1-2H3,(H,20,22). The van der Waals surface area contributed by atoms with Crippen molar-refractivity contribution < 1.29 is 22.7 Å². The molecule has 0 saturated heterocycles. The van der Waals surface area contributed by atoms with Gasteiger partial charge in [-0.25, -0.2) is 17.5 Å². The number of ether oxygens (including phenoxy) is 1. The first-order valence-corrected chi connectivity index (χ1v) is 9.95. The van der Waals surface area contributed by atoms with Crippen molar-refractivity contribution in [2.24, 2.45) is 0 Å². The van der Waals surface area contributed by atoms with Gasteiger partial charge >= 0.3 is 5.97 Å². The van der Waals surface area contributed by atoms with Crippen LogP contribution in [0.25, 0.3) is 0 Å². The Kier molecular flexibility index (Phi) is 7.14. The molecule has 0 aliphatic heterocycles. The molecule has 1 aromatic carbocycles. The molecule has 2 N–H and O–H groups in total. The van der Waals surface area contributed by atoms with Crippen molar-refractivity contribution in [1.82, 2.24) is 9.29 Å². The van der Waals surface area contributed by atoms with Crippen molar-refractivity contribution in [2.75, 3.05) is 25.5 Å². The number of hydrogen-bond acceptors (Lipinski definition) is 5. The molecule has 8 nitrogen and oxygen atoms in total. The van der Waals surface area contributed by atoms with Crippen molar-refractivity contribution in [3.8, 4) is 0 Å². The molecule has 2 rings (SSSR count). The molecule has 27 heavy (non-hydrogen) atoms. The SMILES string of the molecule is CCCCN(C)S(=O)(=O)c1ccc(NC(=O)COC(=O)c2ccc[nH]2)cc1. The van der Waals surface area contributed by atoms with Gasteiger partial charge < -0.3 is 15.0 Å². The Morgan fingerprint density at radius 1 is 1.19 bits per heavy atom. The van der Waals surface area contributed by atoms with Crippen LogP contribution in [0.2, 0.25) is 0 Å². The van der Waals surface area contributed by atoms with Gasteiger partial charge in [-0.1, -0.05) is 13.3 Å². The van der Waals surface area contributed by atoms with Crippen molar-refractivity contribution in [3.63, 3.8) is 0 Å². The van der Waals surface area contributed by atoms with Gasteiger partial charge in [0, 0.05) is 25.5 Å². The van der Waals surface area contributed by atoms with E-state index in [1.54, 1.807) is 19.3 Å². The molecular weight excluding hydrogens is 370 g/mol. The lowest BCUT2D eigenvalue weighted by Gasteiger charge is -2.17. The third-order valence-electron chi connectivity index (χ3n) is 3.83. The zero-order valence-corrected chi connectivity index (χ0v) is 16.1. The molecule has 0 unspecified atom stereocenters. The first-order valence-electron chi connectivity index (χ1n) is 8.51. The molecule has 0 atom stereocenters. The molecule has 0 bridgehead atoms. The summed E-state index contributed by atoms with van der Waals surface area (Å²) in [7, 11) is -2.01. The molecule has 2 aromatic rings. The fraction of sp³-hybridized carbons (Fsp3) is 0.333.